The lowest BCUT2D eigenvalue weighted by Crippen LogP contribution is -2.22. The van der Waals surface area contributed by atoms with Gasteiger partial charge in [0.2, 0.25) is 12.7 Å². The van der Waals surface area contributed by atoms with Crippen LogP contribution in [0.15, 0.2) is 78.9 Å². The molecule has 25 heavy (non-hydrogen) atoms. The van der Waals surface area contributed by atoms with E-state index < -0.39 is 0 Å². The van der Waals surface area contributed by atoms with Gasteiger partial charge < -0.3 is 14.8 Å². The standard InChI is InChI=1S/C21H17NO3/c23-21(22-17-11-12-18-19(13-17)25-14-24-18)20(15-7-3-1-4-8-15)16-9-5-2-6-10-16/h1-13,20H,14H2,(H,22,23). The van der Waals surface area contributed by atoms with Gasteiger partial charge in [0.05, 0.1) is 5.92 Å². The van der Waals surface area contributed by atoms with Gasteiger partial charge >= 0.3 is 0 Å². The Hall–Kier alpha value is -3.27. The van der Waals surface area contributed by atoms with Crippen LogP contribution in [-0.4, -0.2) is 12.7 Å². The van der Waals surface area contributed by atoms with Gasteiger partial charge in [0.25, 0.3) is 0 Å². The van der Waals surface area contributed by atoms with Crippen LogP contribution in [0.5, 0.6) is 11.5 Å². The molecule has 3 aromatic carbocycles. The maximum atomic E-state index is 13.0. The van der Waals surface area contributed by atoms with Gasteiger partial charge in [0, 0.05) is 11.8 Å². The Labute approximate surface area is 146 Å². The summed E-state index contributed by atoms with van der Waals surface area (Å²) in [5.74, 6) is 0.874. The van der Waals surface area contributed by atoms with E-state index in [2.05, 4.69) is 5.32 Å². The van der Waals surface area contributed by atoms with E-state index in [1.165, 1.54) is 0 Å². The van der Waals surface area contributed by atoms with Crippen molar-refractivity contribution < 1.29 is 14.3 Å². The largest absolute Gasteiger partial charge is 0.454 e. The zero-order chi connectivity index (χ0) is 17.1. The summed E-state index contributed by atoms with van der Waals surface area (Å²) >= 11 is 0. The van der Waals surface area contributed by atoms with Crippen LogP contribution in [0.1, 0.15) is 17.0 Å². The molecule has 1 heterocycles. The molecule has 124 valence electrons. The highest BCUT2D eigenvalue weighted by Crippen LogP contribution is 2.35. The predicted molar refractivity (Wildman–Crippen MR) is 95.9 cm³/mol. The van der Waals surface area contributed by atoms with Crippen LogP contribution in [0.4, 0.5) is 5.69 Å². The highest BCUT2D eigenvalue weighted by Gasteiger charge is 2.23. The summed E-state index contributed by atoms with van der Waals surface area (Å²) in [6.07, 6.45) is 0. The topological polar surface area (TPSA) is 47.6 Å². The van der Waals surface area contributed by atoms with Crippen molar-refractivity contribution in [2.24, 2.45) is 0 Å². The molecule has 1 aliphatic rings. The lowest BCUT2D eigenvalue weighted by molar-refractivity contribution is -0.116. The summed E-state index contributed by atoms with van der Waals surface area (Å²) in [6.45, 7) is 0.212. The number of amides is 1. The first-order valence-corrected chi connectivity index (χ1v) is 8.12. The molecule has 0 saturated heterocycles. The van der Waals surface area contributed by atoms with E-state index in [4.69, 9.17) is 9.47 Å². The summed E-state index contributed by atoms with van der Waals surface area (Å²) in [5.41, 5.74) is 2.59. The van der Waals surface area contributed by atoms with E-state index in [1.54, 1.807) is 12.1 Å². The van der Waals surface area contributed by atoms with Gasteiger partial charge in [-0.05, 0) is 23.3 Å². The summed E-state index contributed by atoms with van der Waals surface area (Å²) in [5, 5.41) is 2.99. The fourth-order valence-corrected chi connectivity index (χ4v) is 2.97. The third-order valence-corrected chi connectivity index (χ3v) is 4.17. The second-order valence-corrected chi connectivity index (χ2v) is 5.81. The first-order valence-electron chi connectivity index (χ1n) is 8.12. The second kappa shape index (κ2) is 6.69. The van der Waals surface area contributed by atoms with Crippen LogP contribution >= 0.6 is 0 Å². The fourth-order valence-electron chi connectivity index (χ4n) is 2.97. The average molecular weight is 331 g/mol. The number of carbonyl (C=O) groups is 1. The minimum absolute atomic E-state index is 0.0868. The number of benzene rings is 3. The van der Waals surface area contributed by atoms with Crippen molar-refractivity contribution in [3.05, 3.63) is 90.0 Å². The van der Waals surface area contributed by atoms with Crippen molar-refractivity contribution in [3.63, 3.8) is 0 Å². The maximum Gasteiger partial charge on any atom is 0.236 e. The molecule has 3 aromatic rings. The molecule has 0 saturated carbocycles. The normalized spacial score (nSPS) is 12.2. The van der Waals surface area contributed by atoms with Crippen molar-refractivity contribution in [2.75, 3.05) is 12.1 Å². The van der Waals surface area contributed by atoms with E-state index in [0.29, 0.717) is 17.2 Å². The molecule has 0 aliphatic carbocycles. The van der Waals surface area contributed by atoms with Crippen LogP contribution in [0, 0.1) is 0 Å². The van der Waals surface area contributed by atoms with Gasteiger partial charge in [-0.3, -0.25) is 4.79 Å². The van der Waals surface area contributed by atoms with E-state index in [0.717, 1.165) is 11.1 Å². The molecule has 4 rings (SSSR count). The molecule has 4 heteroatoms. The summed E-state index contributed by atoms with van der Waals surface area (Å²) in [4.78, 5) is 13.0. The Kier molecular flexibility index (Phi) is 4.09. The fraction of sp³-hybridized carbons (Fsp3) is 0.0952. The van der Waals surface area contributed by atoms with Gasteiger partial charge in [0.15, 0.2) is 11.5 Å². The van der Waals surface area contributed by atoms with Gasteiger partial charge in [-0.1, -0.05) is 60.7 Å². The van der Waals surface area contributed by atoms with E-state index in [1.807, 2.05) is 66.7 Å². The van der Waals surface area contributed by atoms with Crippen molar-refractivity contribution in [1.82, 2.24) is 0 Å². The number of carbonyl (C=O) groups excluding carboxylic acids is 1. The number of hydrogen-bond donors (Lipinski definition) is 1. The number of rotatable bonds is 4. The molecule has 0 fully saturated rings. The third-order valence-electron chi connectivity index (χ3n) is 4.17. The molecule has 4 nitrogen and oxygen atoms in total. The lowest BCUT2D eigenvalue weighted by Gasteiger charge is -2.18. The van der Waals surface area contributed by atoms with Crippen LogP contribution in [-0.2, 0) is 4.79 Å². The van der Waals surface area contributed by atoms with Gasteiger partial charge in [-0.2, -0.15) is 0 Å². The SMILES string of the molecule is O=C(Nc1ccc2c(c1)OCO2)C(c1ccccc1)c1ccccc1. The van der Waals surface area contributed by atoms with Crippen molar-refractivity contribution in [1.29, 1.82) is 0 Å². The number of anilines is 1. The molecule has 0 bridgehead atoms. The molecule has 0 spiro atoms. The molecule has 1 N–H and O–H groups in total. The zero-order valence-corrected chi connectivity index (χ0v) is 13.5. The van der Waals surface area contributed by atoms with E-state index >= 15 is 0 Å². The molecule has 0 atom stereocenters. The first kappa shape index (κ1) is 15.3. The zero-order valence-electron chi connectivity index (χ0n) is 13.5. The Balaban J connectivity index is 1.64. The summed E-state index contributed by atoms with van der Waals surface area (Å²) in [6, 6.07) is 24.9. The molecular weight excluding hydrogens is 314 g/mol. The molecule has 1 amide bonds. The van der Waals surface area contributed by atoms with E-state index in [9.17, 15) is 4.79 Å². The number of ether oxygens (including phenoxy) is 2. The number of hydrogen-bond acceptors (Lipinski definition) is 3. The highest BCUT2D eigenvalue weighted by atomic mass is 16.7. The van der Waals surface area contributed by atoms with Crippen LogP contribution in [0.3, 0.4) is 0 Å². The third kappa shape index (κ3) is 3.19. The molecule has 0 aromatic heterocycles. The Morgan fingerprint density at radius 2 is 1.40 bits per heavy atom. The molecule has 0 unspecified atom stereocenters. The van der Waals surface area contributed by atoms with Gasteiger partial charge in [-0.15, -0.1) is 0 Å². The molecule has 1 aliphatic heterocycles. The average Bonchev–Trinajstić information content (AvgIpc) is 3.11. The Morgan fingerprint density at radius 3 is 2.04 bits per heavy atom. The Morgan fingerprint density at radius 1 is 0.800 bits per heavy atom. The van der Waals surface area contributed by atoms with Crippen molar-refractivity contribution in [3.8, 4) is 11.5 Å². The quantitative estimate of drug-likeness (QED) is 0.780. The van der Waals surface area contributed by atoms with Crippen LogP contribution < -0.4 is 14.8 Å². The predicted octanol–water partition coefficient (Wildman–Crippen LogP) is 4.19. The lowest BCUT2D eigenvalue weighted by atomic mass is 9.90. The molecule has 0 radical (unpaired) electrons. The van der Waals surface area contributed by atoms with Crippen molar-refractivity contribution in [2.45, 2.75) is 5.92 Å². The molecular formula is C21H17NO3. The highest BCUT2D eigenvalue weighted by molar-refractivity contribution is 5.98. The first-order chi connectivity index (χ1) is 12.3. The number of fused-ring (bicyclic) bond motifs is 1. The monoisotopic (exact) mass is 331 g/mol. The number of nitrogens with one attached hydrogen (secondary N) is 1. The minimum Gasteiger partial charge on any atom is -0.454 e. The van der Waals surface area contributed by atoms with E-state index in [-0.39, 0.29) is 18.6 Å². The van der Waals surface area contributed by atoms with Gasteiger partial charge in [-0.25, -0.2) is 0 Å². The van der Waals surface area contributed by atoms with Crippen LogP contribution in [0.2, 0.25) is 0 Å². The minimum atomic E-state index is -0.382. The van der Waals surface area contributed by atoms with Crippen molar-refractivity contribution >= 4 is 11.6 Å². The van der Waals surface area contributed by atoms with Gasteiger partial charge in [0.1, 0.15) is 0 Å². The Bertz CT molecular complexity index is 839. The smallest absolute Gasteiger partial charge is 0.236 e. The van der Waals surface area contributed by atoms with Crippen LogP contribution in [0.25, 0.3) is 0 Å². The maximum absolute atomic E-state index is 13.0. The summed E-state index contributed by atoms with van der Waals surface area (Å²) < 4.78 is 10.7. The summed E-state index contributed by atoms with van der Waals surface area (Å²) in [7, 11) is 0. The second-order valence-electron chi connectivity index (χ2n) is 5.81.